The van der Waals surface area contributed by atoms with Crippen molar-refractivity contribution in [2.45, 2.75) is 12.8 Å². The first-order valence-corrected chi connectivity index (χ1v) is 5.57. The van der Waals surface area contributed by atoms with Gasteiger partial charge in [-0.25, -0.2) is 0 Å². The Kier molecular flexibility index (Phi) is 4.74. The Morgan fingerprint density at radius 3 is 1.88 bits per heavy atom. The fourth-order valence-electron chi connectivity index (χ4n) is 1.60. The van der Waals surface area contributed by atoms with Crippen LogP contribution in [-0.4, -0.2) is 27.2 Å². The van der Waals surface area contributed by atoms with Crippen LogP contribution in [0.2, 0.25) is 0 Å². The van der Waals surface area contributed by atoms with Crippen molar-refractivity contribution in [1.82, 2.24) is 0 Å². The molecule has 0 heterocycles. The lowest BCUT2D eigenvalue weighted by Crippen LogP contribution is -2.03. The number of methoxy groups -OCH3 is 3. The first-order chi connectivity index (χ1) is 7.67. The molecule has 0 aromatic heterocycles. The van der Waals surface area contributed by atoms with Gasteiger partial charge in [0, 0.05) is 29.5 Å². The van der Waals surface area contributed by atoms with Crippen LogP contribution in [0.1, 0.15) is 18.4 Å². The molecule has 1 atom stereocenters. The topological polar surface area (TPSA) is 27.7 Å². The van der Waals surface area contributed by atoms with Gasteiger partial charge in [-0.15, -0.1) is 11.6 Å². The second kappa shape index (κ2) is 5.85. The monoisotopic (exact) mass is 244 g/mol. The van der Waals surface area contributed by atoms with E-state index in [1.165, 1.54) is 0 Å². The highest BCUT2D eigenvalue weighted by atomic mass is 35.5. The van der Waals surface area contributed by atoms with E-state index in [4.69, 9.17) is 25.8 Å². The molecule has 0 spiro atoms. The summed E-state index contributed by atoms with van der Waals surface area (Å²) in [6, 6.07) is 3.67. The fourth-order valence-corrected chi connectivity index (χ4v) is 1.75. The summed E-state index contributed by atoms with van der Waals surface area (Å²) in [7, 11) is 4.86. The quantitative estimate of drug-likeness (QED) is 0.745. The first-order valence-electron chi connectivity index (χ1n) is 5.03. The number of benzene rings is 1. The minimum atomic E-state index is 0.164. The van der Waals surface area contributed by atoms with Crippen molar-refractivity contribution in [3.05, 3.63) is 17.7 Å². The number of hydrogen-bond acceptors (Lipinski definition) is 3. The Labute approximate surface area is 101 Å². The predicted octanol–water partition coefficient (Wildman–Crippen LogP) is 3.05. The van der Waals surface area contributed by atoms with Gasteiger partial charge in [-0.3, -0.25) is 0 Å². The van der Waals surface area contributed by atoms with Crippen molar-refractivity contribution < 1.29 is 14.2 Å². The summed E-state index contributed by atoms with van der Waals surface area (Å²) in [5.41, 5.74) is 0.973. The third kappa shape index (κ3) is 2.53. The van der Waals surface area contributed by atoms with Crippen molar-refractivity contribution >= 4 is 11.6 Å². The van der Waals surface area contributed by atoms with Crippen molar-refractivity contribution in [3.63, 3.8) is 0 Å². The Bertz CT molecular complexity index is 327. The van der Waals surface area contributed by atoms with Gasteiger partial charge in [-0.2, -0.15) is 0 Å². The van der Waals surface area contributed by atoms with E-state index in [0.29, 0.717) is 11.6 Å². The fraction of sp³-hybridized carbons (Fsp3) is 0.500. The lowest BCUT2D eigenvalue weighted by atomic mass is 10.0. The number of alkyl halides is 1. The molecular weight excluding hydrogens is 228 g/mol. The molecule has 0 bridgehead atoms. The first kappa shape index (κ1) is 13.0. The van der Waals surface area contributed by atoms with Crippen molar-refractivity contribution in [1.29, 1.82) is 0 Å². The number of ether oxygens (including phenoxy) is 3. The van der Waals surface area contributed by atoms with Crippen LogP contribution in [-0.2, 0) is 0 Å². The number of halogens is 1. The summed E-state index contributed by atoms with van der Waals surface area (Å²) in [5.74, 6) is 2.87. The van der Waals surface area contributed by atoms with Gasteiger partial charge in [-0.05, 0) is 0 Å². The average molecular weight is 245 g/mol. The van der Waals surface area contributed by atoms with E-state index in [2.05, 4.69) is 0 Å². The largest absolute Gasteiger partial charge is 0.496 e. The van der Waals surface area contributed by atoms with Crippen LogP contribution in [0.3, 0.4) is 0 Å². The molecule has 0 fully saturated rings. The lowest BCUT2D eigenvalue weighted by molar-refractivity contribution is 0.366. The van der Waals surface area contributed by atoms with Gasteiger partial charge in [0.2, 0.25) is 0 Å². The Balaban J connectivity index is 3.31. The van der Waals surface area contributed by atoms with Crippen LogP contribution in [0.5, 0.6) is 17.2 Å². The van der Waals surface area contributed by atoms with Crippen LogP contribution >= 0.6 is 11.6 Å². The molecule has 1 rings (SSSR count). The molecule has 90 valence electrons. The van der Waals surface area contributed by atoms with Crippen molar-refractivity contribution in [3.8, 4) is 17.2 Å². The molecule has 16 heavy (non-hydrogen) atoms. The third-order valence-electron chi connectivity index (χ3n) is 2.48. The molecule has 3 nitrogen and oxygen atoms in total. The summed E-state index contributed by atoms with van der Waals surface area (Å²) in [6.45, 7) is 2.03. The van der Waals surface area contributed by atoms with E-state index in [1.54, 1.807) is 21.3 Å². The summed E-state index contributed by atoms with van der Waals surface area (Å²) >= 11 is 5.88. The zero-order valence-corrected chi connectivity index (χ0v) is 10.8. The van der Waals surface area contributed by atoms with Crippen LogP contribution in [0, 0.1) is 0 Å². The zero-order chi connectivity index (χ0) is 12.1. The van der Waals surface area contributed by atoms with Crippen molar-refractivity contribution in [2.24, 2.45) is 0 Å². The summed E-state index contributed by atoms with van der Waals surface area (Å²) in [5, 5.41) is 0. The minimum absolute atomic E-state index is 0.164. The van der Waals surface area contributed by atoms with Gasteiger partial charge in [0.05, 0.1) is 21.3 Å². The molecule has 1 unspecified atom stereocenters. The highest BCUT2D eigenvalue weighted by molar-refractivity contribution is 6.18. The third-order valence-corrected chi connectivity index (χ3v) is 2.94. The standard InChI is InChI=1S/C12H17ClO3/c1-8(7-13)12-10(15-3)5-9(14-2)6-11(12)16-4/h5-6,8H,7H2,1-4H3. The van der Waals surface area contributed by atoms with E-state index in [9.17, 15) is 0 Å². The van der Waals surface area contributed by atoms with Crippen LogP contribution < -0.4 is 14.2 Å². The summed E-state index contributed by atoms with van der Waals surface area (Å²) < 4.78 is 15.8. The normalized spacial score (nSPS) is 12.1. The average Bonchev–Trinajstić information content (AvgIpc) is 2.35. The summed E-state index contributed by atoms with van der Waals surface area (Å²) in [6.07, 6.45) is 0. The van der Waals surface area contributed by atoms with Gasteiger partial charge in [-0.1, -0.05) is 6.92 Å². The molecule has 1 aromatic carbocycles. The van der Waals surface area contributed by atoms with Crippen LogP contribution in [0.15, 0.2) is 12.1 Å². The number of hydrogen-bond donors (Lipinski definition) is 0. The maximum atomic E-state index is 5.88. The van der Waals surface area contributed by atoms with Gasteiger partial charge in [0.15, 0.2) is 0 Å². The van der Waals surface area contributed by atoms with E-state index in [0.717, 1.165) is 17.1 Å². The number of rotatable bonds is 5. The highest BCUT2D eigenvalue weighted by Crippen LogP contribution is 2.39. The molecular formula is C12H17ClO3. The Morgan fingerprint density at radius 1 is 1.06 bits per heavy atom. The maximum absolute atomic E-state index is 5.88. The predicted molar refractivity (Wildman–Crippen MR) is 65.2 cm³/mol. The van der Waals surface area contributed by atoms with E-state index in [1.807, 2.05) is 19.1 Å². The van der Waals surface area contributed by atoms with E-state index in [-0.39, 0.29) is 5.92 Å². The molecule has 1 aromatic rings. The molecule has 0 aliphatic heterocycles. The molecule has 0 aliphatic rings. The second-order valence-electron chi connectivity index (χ2n) is 3.50. The Hall–Kier alpha value is -1.09. The molecule has 0 saturated carbocycles. The molecule has 0 radical (unpaired) electrons. The molecule has 0 saturated heterocycles. The van der Waals surface area contributed by atoms with Crippen LogP contribution in [0.25, 0.3) is 0 Å². The minimum Gasteiger partial charge on any atom is -0.496 e. The van der Waals surface area contributed by atoms with Gasteiger partial charge in [0.1, 0.15) is 17.2 Å². The maximum Gasteiger partial charge on any atom is 0.129 e. The Morgan fingerprint density at radius 2 is 1.56 bits per heavy atom. The van der Waals surface area contributed by atoms with Crippen LogP contribution in [0.4, 0.5) is 0 Å². The second-order valence-corrected chi connectivity index (χ2v) is 3.81. The lowest BCUT2D eigenvalue weighted by Gasteiger charge is -2.18. The molecule has 0 amide bonds. The van der Waals surface area contributed by atoms with E-state index < -0.39 is 0 Å². The summed E-state index contributed by atoms with van der Waals surface area (Å²) in [4.78, 5) is 0. The highest BCUT2D eigenvalue weighted by Gasteiger charge is 2.18. The zero-order valence-electron chi connectivity index (χ0n) is 10.0. The van der Waals surface area contributed by atoms with E-state index >= 15 is 0 Å². The van der Waals surface area contributed by atoms with Gasteiger partial charge >= 0.3 is 0 Å². The SMILES string of the molecule is COc1cc(OC)c(C(C)CCl)c(OC)c1. The van der Waals surface area contributed by atoms with Gasteiger partial charge < -0.3 is 14.2 Å². The molecule has 0 N–H and O–H groups in total. The molecule has 0 aliphatic carbocycles. The van der Waals surface area contributed by atoms with Crippen molar-refractivity contribution in [2.75, 3.05) is 27.2 Å². The van der Waals surface area contributed by atoms with Gasteiger partial charge in [0.25, 0.3) is 0 Å². The smallest absolute Gasteiger partial charge is 0.129 e. The molecule has 4 heteroatoms.